The first-order valence-corrected chi connectivity index (χ1v) is 7.22. The molecule has 1 N–H and O–H groups in total. The second-order valence-corrected chi connectivity index (χ2v) is 5.57. The number of nitrogens with one attached hydrogen (secondary N) is 1. The molecule has 0 radical (unpaired) electrons. The van der Waals surface area contributed by atoms with Gasteiger partial charge < -0.3 is 10.1 Å². The fourth-order valence-corrected chi connectivity index (χ4v) is 2.51. The minimum Gasteiger partial charge on any atom is -0.493 e. The van der Waals surface area contributed by atoms with Gasteiger partial charge in [0, 0.05) is 18.0 Å². The Balaban J connectivity index is 1.77. The quantitative estimate of drug-likeness (QED) is 0.769. The summed E-state index contributed by atoms with van der Waals surface area (Å²) in [4.78, 5) is 0. The molecule has 2 rings (SSSR count). The van der Waals surface area contributed by atoms with Crippen molar-refractivity contribution < 1.29 is 4.74 Å². The van der Waals surface area contributed by atoms with Crippen LogP contribution in [-0.4, -0.2) is 13.2 Å². The summed E-state index contributed by atoms with van der Waals surface area (Å²) >= 11 is 0. The van der Waals surface area contributed by atoms with E-state index < -0.39 is 0 Å². The molecular weight excluding hydrogens is 222 g/mol. The number of benzene rings is 1. The van der Waals surface area contributed by atoms with Crippen molar-refractivity contribution in [2.75, 3.05) is 13.2 Å². The van der Waals surface area contributed by atoms with Gasteiger partial charge in [0.2, 0.25) is 0 Å². The van der Waals surface area contributed by atoms with Crippen LogP contribution in [0.4, 0.5) is 0 Å². The summed E-state index contributed by atoms with van der Waals surface area (Å²) in [5.74, 6) is 1.89. The fraction of sp³-hybridized carbons (Fsp3) is 0.625. The zero-order valence-electron chi connectivity index (χ0n) is 11.6. The maximum absolute atomic E-state index is 5.67. The average molecular weight is 247 g/mol. The Hall–Kier alpha value is -1.02. The highest BCUT2D eigenvalue weighted by Crippen LogP contribution is 2.31. The summed E-state index contributed by atoms with van der Waals surface area (Å²) in [6.07, 6.45) is 5.03. The summed E-state index contributed by atoms with van der Waals surface area (Å²) in [5.41, 5.74) is 1.33. The molecule has 18 heavy (non-hydrogen) atoms. The molecule has 0 spiro atoms. The number of hydrogen-bond donors (Lipinski definition) is 1. The van der Waals surface area contributed by atoms with Crippen molar-refractivity contribution in [1.29, 1.82) is 0 Å². The zero-order valence-corrected chi connectivity index (χ0v) is 11.6. The monoisotopic (exact) mass is 247 g/mol. The second kappa shape index (κ2) is 6.79. The fourth-order valence-electron chi connectivity index (χ4n) is 2.51. The summed E-state index contributed by atoms with van der Waals surface area (Å²) in [6.45, 7) is 6.54. The highest BCUT2D eigenvalue weighted by atomic mass is 16.5. The average Bonchev–Trinajstić information content (AvgIpc) is 2.38. The summed E-state index contributed by atoms with van der Waals surface area (Å²) in [6, 6.07) is 8.88. The molecule has 0 fully saturated rings. The topological polar surface area (TPSA) is 21.3 Å². The Morgan fingerprint density at radius 1 is 1.28 bits per heavy atom. The molecule has 0 aromatic heterocycles. The minimum atomic E-state index is 0.481. The first-order valence-electron chi connectivity index (χ1n) is 7.22. The van der Waals surface area contributed by atoms with Gasteiger partial charge in [-0.3, -0.25) is 0 Å². The van der Waals surface area contributed by atoms with E-state index in [9.17, 15) is 0 Å². The lowest BCUT2D eigenvalue weighted by Crippen LogP contribution is -2.27. The number of unbranched alkanes of at least 4 members (excludes halogenated alkanes) is 1. The summed E-state index contributed by atoms with van der Waals surface area (Å²) in [5, 5.41) is 3.67. The molecule has 2 nitrogen and oxygen atoms in total. The highest BCUT2D eigenvalue weighted by Gasteiger charge is 2.19. The third kappa shape index (κ3) is 3.74. The molecule has 1 aromatic carbocycles. The van der Waals surface area contributed by atoms with Gasteiger partial charge in [-0.2, -0.15) is 0 Å². The third-order valence-corrected chi connectivity index (χ3v) is 3.56. The molecule has 2 heteroatoms. The van der Waals surface area contributed by atoms with E-state index in [1.165, 1.54) is 24.8 Å². The SMILES string of the molecule is CC(C)CCCCNC1CCOc2ccccc21. The zero-order chi connectivity index (χ0) is 12.8. The van der Waals surface area contributed by atoms with Crippen molar-refractivity contribution in [3.8, 4) is 5.75 Å². The number of ether oxygens (including phenoxy) is 1. The minimum absolute atomic E-state index is 0.481. The van der Waals surface area contributed by atoms with E-state index >= 15 is 0 Å². The molecule has 1 heterocycles. The Morgan fingerprint density at radius 3 is 2.94 bits per heavy atom. The predicted octanol–water partition coefficient (Wildman–Crippen LogP) is 3.93. The first-order chi connectivity index (χ1) is 8.77. The molecule has 100 valence electrons. The van der Waals surface area contributed by atoms with Crippen LogP contribution in [0.5, 0.6) is 5.75 Å². The lowest BCUT2D eigenvalue weighted by atomic mass is 10.0. The van der Waals surface area contributed by atoms with Crippen molar-refractivity contribution in [3.05, 3.63) is 29.8 Å². The van der Waals surface area contributed by atoms with Gasteiger partial charge in [0.25, 0.3) is 0 Å². The van der Waals surface area contributed by atoms with E-state index in [4.69, 9.17) is 4.74 Å². The van der Waals surface area contributed by atoms with Crippen molar-refractivity contribution in [2.45, 2.75) is 45.6 Å². The Morgan fingerprint density at radius 2 is 2.11 bits per heavy atom. The van der Waals surface area contributed by atoms with Crippen molar-refractivity contribution in [3.63, 3.8) is 0 Å². The van der Waals surface area contributed by atoms with Gasteiger partial charge in [-0.15, -0.1) is 0 Å². The molecule has 1 aliphatic heterocycles. The van der Waals surface area contributed by atoms with Crippen LogP contribution in [0.15, 0.2) is 24.3 Å². The Kier molecular flexibility index (Phi) is 5.06. The molecule has 0 saturated heterocycles. The smallest absolute Gasteiger partial charge is 0.124 e. The van der Waals surface area contributed by atoms with E-state index in [-0.39, 0.29) is 0 Å². The van der Waals surface area contributed by atoms with Crippen LogP contribution in [0.25, 0.3) is 0 Å². The normalized spacial score (nSPS) is 18.5. The standard InChI is InChI=1S/C16H25NO/c1-13(2)7-5-6-11-17-15-10-12-18-16-9-4-3-8-14(15)16/h3-4,8-9,13,15,17H,5-7,10-12H2,1-2H3. The molecule has 0 amide bonds. The van der Waals surface area contributed by atoms with E-state index in [0.717, 1.165) is 31.2 Å². The van der Waals surface area contributed by atoms with Gasteiger partial charge in [-0.1, -0.05) is 44.9 Å². The third-order valence-electron chi connectivity index (χ3n) is 3.56. The van der Waals surface area contributed by atoms with Crippen LogP contribution in [0.2, 0.25) is 0 Å². The predicted molar refractivity (Wildman–Crippen MR) is 76.0 cm³/mol. The van der Waals surface area contributed by atoms with Crippen LogP contribution < -0.4 is 10.1 Å². The van der Waals surface area contributed by atoms with Crippen LogP contribution in [0, 0.1) is 5.92 Å². The van der Waals surface area contributed by atoms with Crippen LogP contribution >= 0.6 is 0 Å². The van der Waals surface area contributed by atoms with Gasteiger partial charge in [0.05, 0.1) is 6.61 Å². The van der Waals surface area contributed by atoms with Crippen LogP contribution in [0.1, 0.15) is 51.1 Å². The van der Waals surface area contributed by atoms with Gasteiger partial charge in [-0.05, 0) is 24.9 Å². The Bertz CT molecular complexity index is 362. The first kappa shape index (κ1) is 13.4. The maximum Gasteiger partial charge on any atom is 0.124 e. The molecule has 1 unspecified atom stereocenters. The van der Waals surface area contributed by atoms with Crippen molar-refractivity contribution >= 4 is 0 Å². The van der Waals surface area contributed by atoms with E-state index in [2.05, 4.69) is 37.4 Å². The maximum atomic E-state index is 5.67. The lowest BCUT2D eigenvalue weighted by Gasteiger charge is -2.26. The van der Waals surface area contributed by atoms with Crippen LogP contribution in [0.3, 0.4) is 0 Å². The molecule has 1 aliphatic rings. The van der Waals surface area contributed by atoms with Gasteiger partial charge in [0.1, 0.15) is 5.75 Å². The molecule has 1 aromatic rings. The largest absolute Gasteiger partial charge is 0.493 e. The number of para-hydroxylation sites is 1. The van der Waals surface area contributed by atoms with Crippen molar-refractivity contribution in [2.24, 2.45) is 5.92 Å². The highest BCUT2D eigenvalue weighted by molar-refractivity contribution is 5.37. The summed E-state index contributed by atoms with van der Waals surface area (Å²) < 4.78 is 5.67. The molecular formula is C16H25NO. The number of rotatable bonds is 6. The van der Waals surface area contributed by atoms with Gasteiger partial charge in [-0.25, -0.2) is 0 Å². The molecule has 0 saturated carbocycles. The number of hydrogen-bond acceptors (Lipinski definition) is 2. The van der Waals surface area contributed by atoms with E-state index in [1.807, 2.05) is 6.07 Å². The van der Waals surface area contributed by atoms with E-state index in [1.54, 1.807) is 0 Å². The van der Waals surface area contributed by atoms with Gasteiger partial charge in [0.15, 0.2) is 0 Å². The van der Waals surface area contributed by atoms with Crippen molar-refractivity contribution in [1.82, 2.24) is 5.32 Å². The van der Waals surface area contributed by atoms with Crippen LogP contribution in [-0.2, 0) is 0 Å². The molecule has 1 atom stereocenters. The van der Waals surface area contributed by atoms with Gasteiger partial charge >= 0.3 is 0 Å². The van der Waals surface area contributed by atoms with E-state index in [0.29, 0.717) is 6.04 Å². The molecule has 0 bridgehead atoms. The Labute approximate surface area is 111 Å². The summed E-state index contributed by atoms with van der Waals surface area (Å²) in [7, 11) is 0. The lowest BCUT2D eigenvalue weighted by molar-refractivity contribution is 0.252. The number of fused-ring (bicyclic) bond motifs is 1. The molecule has 0 aliphatic carbocycles. The second-order valence-electron chi connectivity index (χ2n) is 5.57.